The van der Waals surface area contributed by atoms with E-state index in [0.29, 0.717) is 17.6 Å². The normalized spacial score (nSPS) is 11.7. The molecule has 0 atom stereocenters. The van der Waals surface area contributed by atoms with E-state index in [4.69, 9.17) is 4.74 Å². The number of hydrogen-bond acceptors (Lipinski definition) is 4. The van der Waals surface area contributed by atoms with Gasteiger partial charge in [-0.15, -0.1) is 0 Å². The summed E-state index contributed by atoms with van der Waals surface area (Å²) in [5.74, 6) is -0.545. The number of carbonyl (C=O) groups excluding carboxylic acids is 2. The molecule has 0 radical (unpaired) electrons. The van der Waals surface area contributed by atoms with Gasteiger partial charge in [0, 0.05) is 6.54 Å². The summed E-state index contributed by atoms with van der Waals surface area (Å²) >= 11 is 0. The molecule has 0 aliphatic rings. The van der Waals surface area contributed by atoms with Crippen molar-refractivity contribution in [2.24, 2.45) is 0 Å². The highest BCUT2D eigenvalue weighted by Gasteiger charge is 2.40. The van der Waals surface area contributed by atoms with E-state index in [0.717, 1.165) is 11.8 Å². The van der Waals surface area contributed by atoms with Gasteiger partial charge in [0.25, 0.3) is 5.91 Å². The number of amides is 2. The first-order valence-corrected chi connectivity index (χ1v) is 10.5. The minimum Gasteiger partial charge on any atom is -0.444 e. The highest BCUT2D eigenvalue weighted by molar-refractivity contribution is 5.98. The van der Waals surface area contributed by atoms with Crippen molar-refractivity contribution in [3.05, 3.63) is 77.6 Å². The first-order valence-electron chi connectivity index (χ1n) is 10.5. The molecular weight excluding hydrogens is 449 g/mol. The number of aromatic nitrogens is 2. The largest absolute Gasteiger partial charge is 0.444 e. The lowest BCUT2D eigenvalue weighted by atomic mass is 10.1. The second kappa shape index (κ2) is 9.98. The number of nitrogens with one attached hydrogen (secondary N) is 2. The maximum absolute atomic E-state index is 14.0. The summed E-state index contributed by atoms with van der Waals surface area (Å²) in [6.07, 6.45) is -4.49. The standard InChI is InChI=1S/C24H25F3N4O3/c1-23(2,3)34-22(33)30-18-15-29-31(20(18)24(25,26)27)19-12-8-7-11-17(19)21(32)28-14-13-16-9-5-4-6-10-16/h4-12,15H,13-14H2,1-3H3,(H,28,32)(H,30,33). The van der Waals surface area contributed by atoms with Gasteiger partial charge < -0.3 is 10.1 Å². The Morgan fingerprint density at radius 1 is 1.00 bits per heavy atom. The Hall–Kier alpha value is -3.82. The van der Waals surface area contributed by atoms with E-state index < -0.39 is 35.2 Å². The van der Waals surface area contributed by atoms with Crippen LogP contribution in [0.5, 0.6) is 0 Å². The molecule has 0 fully saturated rings. The first kappa shape index (κ1) is 24.8. The number of alkyl halides is 3. The Bertz CT molecular complexity index is 1150. The second-order valence-electron chi connectivity index (χ2n) is 8.45. The average Bonchev–Trinajstić information content (AvgIpc) is 3.17. The molecule has 3 aromatic rings. The van der Waals surface area contributed by atoms with E-state index in [-0.39, 0.29) is 11.3 Å². The van der Waals surface area contributed by atoms with Crippen molar-refractivity contribution in [3.8, 4) is 5.69 Å². The monoisotopic (exact) mass is 474 g/mol. The molecule has 2 amide bonds. The van der Waals surface area contributed by atoms with Crippen LogP contribution in [0.4, 0.5) is 23.7 Å². The van der Waals surface area contributed by atoms with Gasteiger partial charge in [-0.2, -0.15) is 18.3 Å². The summed E-state index contributed by atoms with van der Waals surface area (Å²) in [4.78, 5) is 24.9. The number of anilines is 1. The third kappa shape index (κ3) is 6.37. The van der Waals surface area contributed by atoms with E-state index in [1.165, 1.54) is 18.2 Å². The summed E-state index contributed by atoms with van der Waals surface area (Å²) in [5.41, 5.74) is -1.77. The topological polar surface area (TPSA) is 85.2 Å². The lowest BCUT2D eigenvalue weighted by Crippen LogP contribution is -2.28. The lowest BCUT2D eigenvalue weighted by Gasteiger charge is -2.20. The number of hydrogen-bond donors (Lipinski definition) is 2. The summed E-state index contributed by atoms with van der Waals surface area (Å²) in [5, 5.41) is 8.65. The molecule has 1 aromatic heterocycles. The summed E-state index contributed by atoms with van der Waals surface area (Å²) in [7, 11) is 0. The number of nitrogens with zero attached hydrogens (tertiary/aromatic N) is 2. The van der Waals surface area contributed by atoms with E-state index in [1.54, 1.807) is 26.8 Å². The SMILES string of the molecule is CC(C)(C)OC(=O)Nc1cnn(-c2ccccc2C(=O)NCCc2ccccc2)c1C(F)(F)F. The van der Waals surface area contributed by atoms with E-state index >= 15 is 0 Å². The van der Waals surface area contributed by atoms with Gasteiger partial charge in [0.2, 0.25) is 0 Å². The molecule has 2 aromatic carbocycles. The van der Waals surface area contributed by atoms with Gasteiger partial charge in [-0.1, -0.05) is 42.5 Å². The molecule has 1 heterocycles. The van der Waals surface area contributed by atoms with Gasteiger partial charge in [0.05, 0.1) is 23.1 Å². The Kier molecular flexibility index (Phi) is 7.29. The maximum atomic E-state index is 14.0. The van der Waals surface area contributed by atoms with Gasteiger partial charge in [0.1, 0.15) is 5.60 Å². The summed E-state index contributed by atoms with van der Waals surface area (Å²) in [6.45, 7) is 5.07. The third-order valence-corrected chi connectivity index (χ3v) is 4.59. The molecule has 0 aliphatic heterocycles. The van der Waals surface area contributed by atoms with Crippen LogP contribution in [-0.2, 0) is 17.3 Å². The van der Waals surface area contributed by atoms with Gasteiger partial charge in [-0.25, -0.2) is 9.48 Å². The summed E-state index contributed by atoms with van der Waals surface area (Å²) < 4.78 is 47.6. The fourth-order valence-corrected chi connectivity index (χ4v) is 3.22. The van der Waals surface area contributed by atoms with Crippen molar-refractivity contribution in [2.45, 2.75) is 39.0 Å². The molecule has 0 unspecified atom stereocenters. The van der Waals surface area contributed by atoms with Gasteiger partial charge in [-0.3, -0.25) is 10.1 Å². The number of ether oxygens (including phenoxy) is 1. The van der Waals surface area contributed by atoms with Crippen LogP contribution in [0, 0.1) is 0 Å². The number of rotatable bonds is 6. The van der Waals surface area contributed by atoms with Crippen LogP contribution in [0.2, 0.25) is 0 Å². The van der Waals surface area contributed by atoms with Crippen molar-refractivity contribution in [1.29, 1.82) is 0 Å². The number of halogens is 3. The molecule has 10 heteroatoms. The van der Waals surface area contributed by atoms with Gasteiger partial charge in [-0.05, 0) is 44.9 Å². The molecule has 0 spiro atoms. The second-order valence-corrected chi connectivity index (χ2v) is 8.45. The van der Waals surface area contributed by atoms with E-state index in [1.807, 2.05) is 30.3 Å². The number of para-hydroxylation sites is 1. The van der Waals surface area contributed by atoms with Crippen LogP contribution in [0.1, 0.15) is 42.4 Å². The Morgan fingerprint density at radius 2 is 1.65 bits per heavy atom. The average molecular weight is 474 g/mol. The molecule has 180 valence electrons. The first-order chi connectivity index (χ1) is 16.0. The molecule has 0 bridgehead atoms. The van der Waals surface area contributed by atoms with Crippen LogP contribution in [-0.4, -0.2) is 33.9 Å². The minimum absolute atomic E-state index is 0.00739. The Morgan fingerprint density at radius 3 is 2.29 bits per heavy atom. The van der Waals surface area contributed by atoms with Gasteiger partial charge in [0.15, 0.2) is 5.69 Å². The van der Waals surface area contributed by atoms with E-state index in [2.05, 4.69) is 15.7 Å². The lowest BCUT2D eigenvalue weighted by molar-refractivity contribution is -0.142. The zero-order chi connectivity index (χ0) is 24.9. The minimum atomic E-state index is -4.88. The zero-order valence-corrected chi connectivity index (χ0v) is 18.9. The summed E-state index contributed by atoms with van der Waals surface area (Å²) in [6, 6.07) is 15.3. The molecule has 34 heavy (non-hydrogen) atoms. The predicted molar refractivity (Wildman–Crippen MR) is 121 cm³/mol. The molecule has 0 aliphatic carbocycles. The Balaban J connectivity index is 1.87. The quantitative estimate of drug-likeness (QED) is 0.514. The molecule has 0 saturated heterocycles. The zero-order valence-electron chi connectivity index (χ0n) is 18.9. The smallest absolute Gasteiger partial charge is 0.435 e. The van der Waals surface area contributed by atoms with Crippen LogP contribution in [0.15, 0.2) is 60.8 Å². The Labute approximate surface area is 194 Å². The number of carbonyl (C=O) groups is 2. The molecule has 7 nitrogen and oxygen atoms in total. The van der Waals surface area contributed by atoms with Crippen LogP contribution in [0.3, 0.4) is 0 Å². The third-order valence-electron chi connectivity index (χ3n) is 4.59. The van der Waals surface area contributed by atoms with Crippen LogP contribution < -0.4 is 10.6 Å². The fraction of sp³-hybridized carbons (Fsp3) is 0.292. The van der Waals surface area contributed by atoms with Crippen LogP contribution >= 0.6 is 0 Å². The number of benzene rings is 2. The maximum Gasteiger partial charge on any atom is 0.435 e. The van der Waals surface area contributed by atoms with Crippen molar-refractivity contribution >= 4 is 17.7 Å². The highest BCUT2D eigenvalue weighted by Crippen LogP contribution is 2.37. The van der Waals surface area contributed by atoms with Crippen molar-refractivity contribution < 1.29 is 27.5 Å². The molecule has 0 saturated carbocycles. The van der Waals surface area contributed by atoms with E-state index in [9.17, 15) is 22.8 Å². The van der Waals surface area contributed by atoms with Crippen molar-refractivity contribution in [2.75, 3.05) is 11.9 Å². The predicted octanol–water partition coefficient (Wildman–Crippen LogP) is 5.21. The van der Waals surface area contributed by atoms with Crippen LogP contribution in [0.25, 0.3) is 5.69 Å². The fourth-order valence-electron chi connectivity index (χ4n) is 3.22. The van der Waals surface area contributed by atoms with Gasteiger partial charge >= 0.3 is 12.3 Å². The molecular formula is C24H25F3N4O3. The highest BCUT2D eigenvalue weighted by atomic mass is 19.4. The van der Waals surface area contributed by atoms with Crippen molar-refractivity contribution in [1.82, 2.24) is 15.1 Å². The molecule has 2 N–H and O–H groups in total. The van der Waals surface area contributed by atoms with Crippen molar-refractivity contribution in [3.63, 3.8) is 0 Å². The molecule has 3 rings (SSSR count).